The first-order valence-electron chi connectivity index (χ1n) is 10.5. The molecule has 1 amide bonds. The van der Waals surface area contributed by atoms with Gasteiger partial charge in [-0.25, -0.2) is 9.97 Å². The van der Waals surface area contributed by atoms with E-state index in [1.54, 1.807) is 0 Å². The van der Waals surface area contributed by atoms with Gasteiger partial charge in [0.25, 0.3) is 0 Å². The van der Waals surface area contributed by atoms with Crippen LogP contribution in [0.25, 0.3) is 44.5 Å². The summed E-state index contributed by atoms with van der Waals surface area (Å²) in [7, 11) is 0. The first-order valence-corrected chi connectivity index (χ1v) is 12.3. The quantitative estimate of drug-likeness (QED) is 0.306. The molecule has 3 aromatic carbocycles. The van der Waals surface area contributed by atoms with E-state index in [-0.39, 0.29) is 5.91 Å². The molecule has 0 saturated heterocycles. The average Bonchev–Trinajstić information content (AvgIpc) is 3.44. The average molecular weight is 468 g/mol. The molecule has 2 heterocycles. The van der Waals surface area contributed by atoms with Crippen LogP contribution in [0.15, 0.2) is 77.3 Å². The Labute approximate surface area is 198 Å². The Balaban J connectivity index is 1.10. The first-order chi connectivity index (χ1) is 16.3. The van der Waals surface area contributed by atoms with Crippen LogP contribution in [0.1, 0.15) is 6.42 Å². The minimum Gasteiger partial charge on any atom is -0.302 e. The van der Waals surface area contributed by atoms with Crippen molar-refractivity contribution in [2.75, 3.05) is 11.1 Å². The SMILES string of the molecule is O=C(CCSc1nnc2c(n1)-c1cccc3cccc-2c13)Nc1nc(-c2ccccc2)cs1. The van der Waals surface area contributed by atoms with Crippen LogP contribution in [0.4, 0.5) is 5.13 Å². The number of nitrogens with zero attached hydrogens (tertiary/aromatic N) is 4. The Morgan fingerprint density at radius 3 is 2.48 bits per heavy atom. The third-order valence-electron chi connectivity index (χ3n) is 5.46. The number of fused-ring (bicyclic) bond motifs is 3. The van der Waals surface area contributed by atoms with Crippen molar-refractivity contribution in [3.05, 3.63) is 72.1 Å². The third-order valence-corrected chi connectivity index (χ3v) is 7.06. The van der Waals surface area contributed by atoms with Crippen molar-refractivity contribution in [3.63, 3.8) is 0 Å². The Bertz CT molecular complexity index is 1490. The Kier molecular flexibility index (Phi) is 5.09. The fraction of sp³-hybridized carbons (Fsp3) is 0.0800. The predicted molar refractivity (Wildman–Crippen MR) is 133 cm³/mol. The number of hydrogen-bond acceptors (Lipinski definition) is 7. The molecule has 160 valence electrons. The normalized spacial score (nSPS) is 11.5. The van der Waals surface area contributed by atoms with E-state index in [2.05, 4.69) is 44.8 Å². The molecule has 33 heavy (non-hydrogen) atoms. The largest absolute Gasteiger partial charge is 0.302 e. The maximum atomic E-state index is 12.4. The van der Waals surface area contributed by atoms with Gasteiger partial charge in [-0.2, -0.15) is 0 Å². The molecule has 2 aromatic heterocycles. The maximum Gasteiger partial charge on any atom is 0.226 e. The standard InChI is InChI=1S/C25H17N5OS2/c31-20(27-24-26-19(14-33-24)15-6-2-1-3-7-15)12-13-32-25-28-22-17-10-4-8-16-9-5-11-18(21(16)17)23(22)29-30-25/h1-11,14H,12-13H2,(H,26,27,31). The molecule has 8 heteroatoms. The molecule has 0 bridgehead atoms. The van der Waals surface area contributed by atoms with Crippen molar-refractivity contribution in [1.82, 2.24) is 20.2 Å². The van der Waals surface area contributed by atoms with Crippen molar-refractivity contribution in [3.8, 4) is 33.8 Å². The highest BCUT2D eigenvalue weighted by atomic mass is 32.2. The Morgan fingerprint density at radius 1 is 0.879 bits per heavy atom. The lowest BCUT2D eigenvalue weighted by atomic mass is 10.0. The molecule has 1 N–H and O–H groups in total. The summed E-state index contributed by atoms with van der Waals surface area (Å²) in [5.74, 6) is 0.475. The van der Waals surface area contributed by atoms with Crippen molar-refractivity contribution in [2.45, 2.75) is 11.6 Å². The number of thiazole rings is 1. The predicted octanol–water partition coefficient (Wildman–Crippen LogP) is 5.92. The lowest BCUT2D eigenvalue weighted by Gasteiger charge is -2.04. The van der Waals surface area contributed by atoms with Gasteiger partial charge in [0.2, 0.25) is 11.1 Å². The van der Waals surface area contributed by atoms with Gasteiger partial charge < -0.3 is 5.32 Å². The maximum absolute atomic E-state index is 12.4. The minimum absolute atomic E-state index is 0.0808. The Hall–Kier alpha value is -3.62. The van der Waals surface area contributed by atoms with Crippen LogP contribution in [-0.2, 0) is 4.79 Å². The monoisotopic (exact) mass is 467 g/mol. The minimum atomic E-state index is -0.0808. The van der Waals surface area contributed by atoms with Gasteiger partial charge in [0, 0.05) is 39.6 Å². The van der Waals surface area contributed by atoms with Crippen molar-refractivity contribution in [1.29, 1.82) is 0 Å². The number of aromatic nitrogens is 4. The van der Waals surface area contributed by atoms with E-state index in [4.69, 9.17) is 4.98 Å². The summed E-state index contributed by atoms with van der Waals surface area (Å²) in [6.45, 7) is 0. The lowest BCUT2D eigenvalue weighted by molar-refractivity contribution is -0.115. The molecule has 0 aliphatic heterocycles. The molecule has 0 saturated carbocycles. The molecule has 0 fully saturated rings. The van der Waals surface area contributed by atoms with Gasteiger partial charge in [-0.05, 0) is 5.39 Å². The second-order valence-electron chi connectivity index (χ2n) is 7.55. The molecule has 0 radical (unpaired) electrons. The summed E-state index contributed by atoms with van der Waals surface area (Å²) in [5, 5.41) is 17.1. The van der Waals surface area contributed by atoms with Crippen molar-refractivity contribution in [2.24, 2.45) is 0 Å². The van der Waals surface area contributed by atoms with Gasteiger partial charge in [-0.1, -0.05) is 78.5 Å². The van der Waals surface area contributed by atoms with Crippen LogP contribution in [0, 0.1) is 0 Å². The molecule has 6 nitrogen and oxygen atoms in total. The lowest BCUT2D eigenvalue weighted by Crippen LogP contribution is -2.12. The van der Waals surface area contributed by atoms with Gasteiger partial charge >= 0.3 is 0 Å². The number of benzene rings is 3. The highest BCUT2D eigenvalue weighted by Gasteiger charge is 2.24. The van der Waals surface area contributed by atoms with Crippen LogP contribution in [-0.4, -0.2) is 31.8 Å². The van der Waals surface area contributed by atoms with Crippen molar-refractivity contribution >= 4 is 44.9 Å². The summed E-state index contributed by atoms with van der Waals surface area (Å²) < 4.78 is 0. The highest BCUT2D eigenvalue weighted by Crippen LogP contribution is 2.44. The third kappa shape index (κ3) is 3.77. The van der Waals surface area contributed by atoms with Crippen LogP contribution in [0.3, 0.4) is 0 Å². The summed E-state index contributed by atoms with van der Waals surface area (Å²) >= 11 is 2.86. The van der Waals surface area contributed by atoms with Crippen LogP contribution in [0.5, 0.6) is 0 Å². The zero-order valence-corrected chi connectivity index (χ0v) is 19.0. The zero-order valence-electron chi connectivity index (χ0n) is 17.4. The van der Waals surface area contributed by atoms with Gasteiger partial charge in [0.1, 0.15) is 11.4 Å². The number of thioether (sulfide) groups is 1. The number of rotatable bonds is 6. The summed E-state index contributed by atoms with van der Waals surface area (Å²) in [5.41, 5.74) is 5.74. The number of nitrogens with one attached hydrogen (secondary N) is 1. The number of carbonyl (C=O) groups excluding carboxylic acids is 1. The van der Waals surface area contributed by atoms with E-state index >= 15 is 0 Å². The van der Waals surface area contributed by atoms with E-state index in [9.17, 15) is 4.79 Å². The number of carbonyl (C=O) groups is 1. The molecule has 5 aromatic rings. The zero-order chi connectivity index (χ0) is 22.2. The molecule has 0 spiro atoms. The van der Waals surface area contributed by atoms with Gasteiger partial charge in [0.15, 0.2) is 5.13 Å². The topological polar surface area (TPSA) is 80.7 Å². The number of amides is 1. The fourth-order valence-corrected chi connectivity index (χ4v) is 5.43. The molecule has 0 unspecified atom stereocenters. The fourth-order valence-electron chi connectivity index (χ4n) is 3.97. The molecule has 6 rings (SSSR count). The summed E-state index contributed by atoms with van der Waals surface area (Å²) in [4.78, 5) is 21.7. The first kappa shape index (κ1) is 20.0. The van der Waals surface area contributed by atoms with Gasteiger partial charge in [0.05, 0.1) is 5.69 Å². The smallest absolute Gasteiger partial charge is 0.226 e. The Morgan fingerprint density at radius 2 is 1.67 bits per heavy atom. The van der Waals surface area contributed by atoms with E-state index in [0.29, 0.717) is 22.5 Å². The summed E-state index contributed by atoms with van der Waals surface area (Å²) in [6.07, 6.45) is 0.334. The second-order valence-corrected chi connectivity index (χ2v) is 9.47. The van der Waals surface area contributed by atoms with E-state index in [0.717, 1.165) is 33.8 Å². The van der Waals surface area contributed by atoms with Gasteiger partial charge in [-0.3, -0.25) is 4.79 Å². The molecular formula is C25H17N5OS2. The van der Waals surface area contributed by atoms with Crippen molar-refractivity contribution < 1.29 is 4.79 Å². The van der Waals surface area contributed by atoms with Crippen LogP contribution >= 0.6 is 23.1 Å². The number of anilines is 1. The molecule has 1 aliphatic carbocycles. The molecular weight excluding hydrogens is 450 g/mol. The van der Waals surface area contributed by atoms with Crippen LogP contribution < -0.4 is 5.32 Å². The number of hydrogen-bond donors (Lipinski definition) is 1. The second kappa shape index (κ2) is 8.38. The van der Waals surface area contributed by atoms with E-state index < -0.39 is 0 Å². The molecule has 0 atom stereocenters. The van der Waals surface area contributed by atoms with E-state index in [1.165, 1.54) is 33.9 Å². The van der Waals surface area contributed by atoms with E-state index in [1.807, 2.05) is 47.8 Å². The van der Waals surface area contributed by atoms with Crippen LogP contribution in [0.2, 0.25) is 0 Å². The molecule has 1 aliphatic rings. The summed E-state index contributed by atoms with van der Waals surface area (Å²) in [6, 6.07) is 22.3. The highest BCUT2D eigenvalue weighted by molar-refractivity contribution is 7.99. The van der Waals surface area contributed by atoms with Gasteiger partial charge in [-0.15, -0.1) is 21.5 Å².